The summed E-state index contributed by atoms with van der Waals surface area (Å²) in [4.78, 5) is 5.06. The summed E-state index contributed by atoms with van der Waals surface area (Å²) in [5.74, 6) is 0. The van der Waals surface area contributed by atoms with E-state index in [1.807, 2.05) is 19.1 Å². The highest BCUT2D eigenvalue weighted by molar-refractivity contribution is 7.80. The van der Waals surface area contributed by atoms with E-state index in [1.165, 1.54) is 42.4 Å². The number of hydrogen-bond acceptors (Lipinski definition) is 2. The van der Waals surface area contributed by atoms with Gasteiger partial charge in [0.25, 0.3) is 0 Å². The maximum Gasteiger partial charge on any atom is 0.105 e. The van der Waals surface area contributed by atoms with E-state index < -0.39 is 0 Å². The summed E-state index contributed by atoms with van der Waals surface area (Å²) in [7, 11) is 0. The smallest absolute Gasteiger partial charge is 0.105 e. The van der Waals surface area contributed by atoms with Gasteiger partial charge in [-0.3, -0.25) is 4.98 Å². The van der Waals surface area contributed by atoms with Crippen molar-refractivity contribution in [1.29, 1.82) is 0 Å². The molecular formula is C17H18N2S. The maximum absolute atomic E-state index is 5.69. The molecule has 0 bridgehead atoms. The monoisotopic (exact) mass is 282 g/mol. The molecule has 2 aromatic rings. The van der Waals surface area contributed by atoms with E-state index in [2.05, 4.69) is 23.2 Å². The minimum Gasteiger partial charge on any atom is -0.389 e. The second kappa shape index (κ2) is 5.33. The number of benzene rings is 1. The van der Waals surface area contributed by atoms with Crippen LogP contribution in [-0.2, 0) is 12.8 Å². The minimum atomic E-state index is 0.409. The molecule has 3 heteroatoms. The molecule has 1 aliphatic rings. The Labute approximate surface area is 125 Å². The summed E-state index contributed by atoms with van der Waals surface area (Å²) in [6, 6.07) is 10.7. The molecular weight excluding hydrogens is 264 g/mol. The predicted molar refractivity (Wildman–Crippen MR) is 86.9 cm³/mol. The number of aryl methyl sites for hydroxylation is 3. The average molecular weight is 282 g/mol. The van der Waals surface area contributed by atoms with Crippen LogP contribution in [0.3, 0.4) is 0 Å². The molecule has 0 fully saturated rings. The number of nitrogens with zero attached hydrogens (tertiary/aromatic N) is 1. The van der Waals surface area contributed by atoms with Crippen LogP contribution in [0.2, 0.25) is 0 Å². The molecule has 0 spiro atoms. The van der Waals surface area contributed by atoms with Crippen LogP contribution in [0.5, 0.6) is 0 Å². The van der Waals surface area contributed by atoms with Gasteiger partial charge in [0.15, 0.2) is 0 Å². The van der Waals surface area contributed by atoms with Crippen molar-refractivity contribution in [2.24, 2.45) is 5.73 Å². The Hall–Kier alpha value is -1.74. The first kappa shape index (κ1) is 13.3. The molecule has 1 aromatic carbocycles. The quantitative estimate of drug-likeness (QED) is 0.856. The summed E-state index contributed by atoms with van der Waals surface area (Å²) in [5.41, 5.74) is 12.6. The maximum atomic E-state index is 5.69. The first-order chi connectivity index (χ1) is 9.65. The van der Waals surface area contributed by atoms with E-state index in [-0.39, 0.29) is 0 Å². The molecule has 0 saturated heterocycles. The Morgan fingerprint density at radius 2 is 1.85 bits per heavy atom. The van der Waals surface area contributed by atoms with Gasteiger partial charge in [-0.25, -0.2) is 0 Å². The molecule has 1 aromatic heterocycles. The van der Waals surface area contributed by atoms with Crippen LogP contribution < -0.4 is 5.73 Å². The van der Waals surface area contributed by atoms with Gasteiger partial charge < -0.3 is 5.73 Å². The van der Waals surface area contributed by atoms with Crippen molar-refractivity contribution in [3.05, 3.63) is 52.7 Å². The third kappa shape index (κ3) is 2.46. The van der Waals surface area contributed by atoms with Crippen molar-refractivity contribution in [2.75, 3.05) is 0 Å². The Morgan fingerprint density at radius 1 is 1.10 bits per heavy atom. The van der Waals surface area contributed by atoms with Gasteiger partial charge in [-0.2, -0.15) is 0 Å². The lowest BCUT2D eigenvalue weighted by molar-refractivity contribution is 0.686. The molecule has 102 valence electrons. The minimum absolute atomic E-state index is 0.409. The normalized spacial score (nSPS) is 13.8. The van der Waals surface area contributed by atoms with Gasteiger partial charge >= 0.3 is 0 Å². The highest BCUT2D eigenvalue weighted by Gasteiger charge is 2.11. The number of aromatic nitrogens is 1. The van der Waals surface area contributed by atoms with Gasteiger partial charge in [-0.1, -0.05) is 24.4 Å². The van der Waals surface area contributed by atoms with Crippen molar-refractivity contribution in [3.8, 4) is 11.3 Å². The van der Waals surface area contributed by atoms with Gasteiger partial charge in [0.05, 0.1) is 5.69 Å². The summed E-state index contributed by atoms with van der Waals surface area (Å²) < 4.78 is 0. The first-order valence-electron chi connectivity index (χ1n) is 7.05. The number of thiocarbonyl (C=S) groups is 1. The predicted octanol–water partition coefficient (Wildman–Crippen LogP) is 3.57. The van der Waals surface area contributed by atoms with Crippen molar-refractivity contribution in [1.82, 2.24) is 4.98 Å². The Kier molecular flexibility index (Phi) is 3.53. The zero-order valence-corrected chi connectivity index (χ0v) is 12.5. The van der Waals surface area contributed by atoms with E-state index in [1.54, 1.807) is 0 Å². The lowest BCUT2D eigenvalue weighted by atomic mass is 9.90. The molecule has 2 N–H and O–H groups in total. The zero-order valence-electron chi connectivity index (χ0n) is 11.6. The standard InChI is InChI=1S/C17H18N2S/c1-11-15(17(18)20)8-9-16(19-11)14-7-6-12-4-2-3-5-13(12)10-14/h6-10H,2-5H2,1H3,(H2,18,20). The van der Waals surface area contributed by atoms with Crippen LogP contribution in [0.15, 0.2) is 30.3 Å². The van der Waals surface area contributed by atoms with Gasteiger partial charge in [-0.05, 0) is 61.9 Å². The topological polar surface area (TPSA) is 38.9 Å². The van der Waals surface area contributed by atoms with Crippen molar-refractivity contribution in [3.63, 3.8) is 0 Å². The first-order valence-corrected chi connectivity index (χ1v) is 7.45. The van der Waals surface area contributed by atoms with E-state index >= 15 is 0 Å². The van der Waals surface area contributed by atoms with Gasteiger partial charge in [0, 0.05) is 16.8 Å². The molecule has 0 aliphatic heterocycles. The highest BCUT2D eigenvalue weighted by Crippen LogP contribution is 2.27. The zero-order chi connectivity index (χ0) is 14.1. The Bertz CT molecular complexity index is 677. The molecule has 1 heterocycles. The molecule has 0 amide bonds. The molecule has 0 unspecified atom stereocenters. The van der Waals surface area contributed by atoms with E-state index in [9.17, 15) is 0 Å². The highest BCUT2D eigenvalue weighted by atomic mass is 32.1. The molecule has 3 rings (SSSR count). The number of nitrogens with two attached hydrogens (primary N) is 1. The molecule has 2 nitrogen and oxygen atoms in total. The summed E-state index contributed by atoms with van der Waals surface area (Å²) in [5, 5.41) is 0. The van der Waals surface area contributed by atoms with E-state index in [4.69, 9.17) is 18.0 Å². The largest absolute Gasteiger partial charge is 0.389 e. The fraction of sp³-hybridized carbons (Fsp3) is 0.294. The number of fused-ring (bicyclic) bond motifs is 1. The van der Waals surface area contributed by atoms with Crippen molar-refractivity contribution in [2.45, 2.75) is 32.6 Å². The van der Waals surface area contributed by atoms with Crippen LogP contribution in [0, 0.1) is 6.92 Å². The van der Waals surface area contributed by atoms with Crippen LogP contribution in [0.25, 0.3) is 11.3 Å². The van der Waals surface area contributed by atoms with Gasteiger partial charge in [0.1, 0.15) is 4.99 Å². The van der Waals surface area contributed by atoms with Gasteiger partial charge in [0.2, 0.25) is 0 Å². The summed E-state index contributed by atoms with van der Waals surface area (Å²) in [6.07, 6.45) is 5.01. The van der Waals surface area contributed by atoms with E-state index in [0.717, 1.165) is 17.0 Å². The lowest BCUT2D eigenvalue weighted by Crippen LogP contribution is -2.12. The molecule has 1 aliphatic carbocycles. The number of pyridine rings is 1. The fourth-order valence-corrected chi connectivity index (χ4v) is 3.09. The number of rotatable bonds is 2. The summed E-state index contributed by atoms with van der Waals surface area (Å²) >= 11 is 5.03. The lowest BCUT2D eigenvalue weighted by Gasteiger charge is -2.16. The third-order valence-corrected chi connectivity index (χ3v) is 4.22. The second-order valence-corrected chi connectivity index (χ2v) is 5.82. The van der Waals surface area contributed by atoms with E-state index in [0.29, 0.717) is 4.99 Å². The Balaban J connectivity index is 2.01. The molecule has 0 radical (unpaired) electrons. The van der Waals surface area contributed by atoms with Crippen LogP contribution >= 0.6 is 12.2 Å². The van der Waals surface area contributed by atoms with Gasteiger partial charge in [-0.15, -0.1) is 0 Å². The Morgan fingerprint density at radius 3 is 2.55 bits per heavy atom. The molecule has 0 atom stereocenters. The van der Waals surface area contributed by atoms with Crippen LogP contribution in [-0.4, -0.2) is 9.97 Å². The summed E-state index contributed by atoms with van der Waals surface area (Å²) in [6.45, 7) is 1.95. The van der Waals surface area contributed by atoms with Crippen molar-refractivity contribution >= 4 is 17.2 Å². The molecule has 0 saturated carbocycles. The van der Waals surface area contributed by atoms with Crippen LogP contribution in [0.4, 0.5) is 0 Å². The van der Waals surface area contributed by atoms with Crippen molar-refractivity contribution < 1.29 is 0 Å². The fourth-order valence-electron chi connectivity index (χ4n) is 2.88. The number of hydrogen-bond donors (Lipinski definition) is 1. The van der Waals surface area contributed by atoms with Crippen LogP contribution in [0.1, 0.15) is 35.2 Å². The average Bonchev–Trinajstić information content (AvgIpc) is 2.46. The third-order valence-electron chi connectivity index (χ3n) is 4.00. The molecule has 20 heavy (non-hydrogen) atoms. The SMILES string of the molecule is Cc1nc(-c2ccc3c(c2)CCCC3)ccc1C(N)=S. The second-order valence-electron chi connectivity index (χ2n) is 5.38.